The van der Waals surface area contributed by atoms with Crippen molar-refractivity contribution in [3.63, 3.8) is 0 Å². The number of carbonyl (C=O) groups is 3. The average molecular weight is 386 g/mol. The summed E-state index contributed by atoms with van der Waals surface area (Å²) in [5.41, 5.74) is 0. The van der Waals surface area contributed by atoms with Gasteiger partial charge in [-0.2, -0.15) is 0 Å². The summed E-state index contributed by atoms with van der Waals surface area (Å²) in [5.74, 6) is -3.98. The Hall–Kier alpha value is -1.89. The molecule has 156 valence electrons. The van der Waals surface area contributed by atoms with E-state index < -0.39 is 40.5 Å². The van der Waals surface area contributed by atoms with Crippen LogP contribution in [0.15, 0.2) is 12.3 Å². The molecular weight excluding hydrogens is 350 g/mol. The number of hydrogen-bond donors (Lipinski definition) is 2. The Morgan fingerprint density at radius 2 is 1.30 bits per heavy atom. The Balaban J connectivity index is 5.26. The molecule has 0 heterocycles. The molecule has 3 unspecified atom stereocenters. The second-order valence-corrected chi connectivity index (χ2v) is 7.21. The minimum absolute atomic E-state index is 0.645. The van der Waals surface area contributed by atoms with Gasteiger partial charge in [-0.15, -0.1) is 0 Å². The van der Waals surface area contributed by atoms with Crippen LogP contribution < -0.4 is 5.11 Å². The van der Waals surface area contributed by atoms with Crippen molar-refractivity contribution in [2.75, 3.05) is 0 Å². The molecule has 0 aromatic heterocycles. The summed E-state index contributed by atoms with van der Waals surface area (Å²) in [5, 5.41) is 30.4. The molecule has 0 aromatic rings. The Morgan fingerprint density at radius 3 is 1.70 bits per heavy atom. The molecule has 0 saturated carbocycles. The monoisotopic (exact) mass is 385 g/mol. The highest BCUT2D eigenvalue weighted by molar-refractivity contribution is 5.77. The maximum Gasteiger partial charge on any atom is 0.362 e. The van der Waals surface area contributed by atoms with Gasteiger partial charge in [-0.05, 0) is 39.7 Å². The summed E-state index contributed by atoms with van der Waals surface area (Å²) in [4.78, 5) is 34.7. The molecule has 0 aliphatic heterocycles. The number of carboxylic acids is 3. The molecule has 2 N–H and O–H groups in total. The molecule has 0 aliphatic rings. The molecule has 0 bridgehead atoms. The topological polar surface area (TPSA) is 115 Å². The number of aliphatic carboxylic acids is 3. The number of carboxylic acid groups (broad SMARTS) is 3. The van der Waals surface area contributed by atoms with Crippen LogP contribution >= 0.6 is 0 Å². The quantitative estimate of drug-likeness (QED) is 0.331. The molecule has 0 fully saturated rings. The first kappa shape index (κ1) is 25.1. The zero-order valence-corrected chi connectivity index (χ0v) is 17.0. The molecule has 7 heteroatoms. The number of nitrogens with zero attached hydrogens (tertiary/aromatic N) is 1. The summed E-state index contributed by atoms with van der Waals surface area (Å²) in [6.07, 6.45) is 11.7. The minimum Gasteiger partial charge on any atom is -0.544 e. The van der Waals surface area contributed by atoms with Crippen LogP contribution in [0.2, 0.25) is 0 Å². The number of quaternary nitrogens is 1. The second kappa shape index (κ2) is 12.5. The van der Waals surface area contributed by atoms with E-state index in [0.29, 0.717) is 6.42 Å². The Bertz CT molecular complexity index is 466. The van der Waals surface area contributed by atoms with E-state index in [2.05, 4.69) is 6.92 Å². The van der Waals surface area contributed by atoms with Crippen LogP contribution in [0.1, 0.15) is 79.1 Å². The zero-order chi connectivity index (χ0) is 21.0. The van der Waals surface area contributed by atoms with Crippen LogP contribution in [0.3, 0.4) is 0 Å². The lowest BCUT2D eigenvalue weighted by atomic mass is 10.0. The lowest BCUT2D eigenvalue weighted by Crippen LogP contribution is -2.68. The van der Waals surface area contributed by atoms with Crippen molar-refractivity contribution >= 4 is 17.9 Å². The number of hydrogen-bond acceptors (Lipinski definition) is 4. The van der Waals surface area contributed by atoms with Crippen LogP contribution in [0.25, 0.3) is 0 Å². The molecule has 0 aromatic carbocycles. The lowest BCUT2D eigenvalue weighted by Gasteiger charge is -2.46. The van der Waals surface area contributed by atoms with E-state index in [1.165, 1.54) is 52.7 Å². The average Bonchev–Trinajstić information content (AvgIpc) is 2.61. The molecule has 3 atom stereocenters. The Kier molecular flexibility index (Phi) is 11.6. The third-order valence-electron chi connectivity index (χ3n) is 5.41. The normalized spacial score (nSPS) is 17.2. The largest absolute Gasteiger partial charge is 0.544 e. The third-order valence-corrected chi connectivity index (χ3v) is 5.41. The summed E-state index contributed by atoms with van der Waals surface area (Å²) >= 11 is 0. The van der Waals surface area contributed by atoms with Crippen molar-refractivity contribution < 1.29 is 34.2 Å². The summed E-state index contributed by atoms with van der Waals surface area (Å²) in [6, 6.07) is -3.80. The van der Waals surface area contributed by atoms with Gasteiger partial charge in [-0.3, -0.25) is 4.48 Å². The van der Waals surface area contributed by atoms with Gasteiger partial charge in [-0.25, -0.2) is 9.59 Å². The SMILES string of the molecule is CCCCCCCCC/C=C/[N+](C(C)C(=O)[O-])(C(C)C(=O)O)C(C)C(=O)O. The van der Waals surface area contributed by atoms with E-state index in [4.69, 9.17) is 0 Å². The van der Waals surface area contributed by atoms with Gasteiger partial charge in [0.15, 0.2) is 12.1 Å². The molecule has 7 nitrogen and oxygen atoms in total. The Labute approximate surface area is 162 Å². The van der Waals surface area contributed by atoms with Crippen LogP contribution in [0.5, 0.6) is 0 Å². The molecule has 0 radical (unpaired) electrons. The van der Waals surface area contributed by atoms with Gasteiger partial charge in [0.25, 0.3) is 0 Å². The number of rotatable bonds is 15. The molecule has 0 rings (SSSR count). The van der Waals surface area contributed by atoms with Crippen LogP contribution in [0, 0.1) is 0 Å². The highest BCUT2D eigenvalue weighted by atomic mass is 16.4. The molecular formula is C20H35NO6. The van der Waals surface area contributed by atoms with E-state index in [1.807, 2.05) is 0 Å². The maximum absolute atomic E-state index is 11.6. The van der Waals surface area contributed by atoms with Crippen molar-refractivity contribution in [1.29, 1.82) is 0 Å². The van der Waals surface area contributed by atoms with Crippen molar-refractivity contribution in [2.45, 2.75) is 97.2 Å². The Morgan fingerprint density at radius 1 is 0.852 bits per heavy atom. The number of unbranched alkanes of at least 4 members (excludes halogenated alkanes) is 7. The highest BCUT2D eigenvalue weighted by Crippen LogP contribution is 2.27. The van der Waals surface area contributed by atoms with Gasteiger partial charge < -0.3 is 20.1 Å². The van der Waals surface area contributed by atoms with Crippen molar-refractivity contribution in [2.24, 2.45) is 0 Å². The fourth-order valence-corrected chi connectivity index (χ4v) is 3.44. The van der Waals surface area contributed by atoms with Gasteiger partial charge in [-0.1, -0.05) is 45.4 Å². The first-order valence-electron chi connectivity index (χ1n) is 9.84. The maximum atomic E-state index is 11.6. The van der Waals surface area contributed by atoms with E-state index in [0.717, 1.165) is 19.3 Å². The van der Waals surface area contributed by atoms with Crippen molar-refractivity contribution in [1.82, 2.24) is 0 Å². The molecule has 0 saturated heterocycles. The summed E-state index contributed by atoms with van der Waals surface area (Å²) in [6.45, 7) is 6.13. The molecule has 27 heavy (non-hydrogen) atoms. The van der Waals surface area contributed by atoms with Gasteiger partial charge >= 0.3 is 11.9 Å². The smallest absolute Gasteiger partial charge is 0.362 e. The lowest BCUT2D eigenvalue weighted by molar-refractivity contribution is -0.923. The van der Waals surface area contributed by atoms with Gasteiger partial charge in [0.1, 0.15) is 6.04 Å². The zero-order valence-electron chi connectivity index (χ0n) is 17.0. The minimum atomic E-state index is -1.48. The second-order valence-electron chi connectivity index (χ2n) is 7.21. The van der Waals surface area contributed by atoms with Crippen molar-refractivity contribution in [3.05, 3.63) is 12.3 Å². The van der Waals surface area contributed by atoms with Gasteiger partial charge in [0.2, 0.25) is 0 Å². The van der Waals surface area contributed by atoms with Crippen LogP contribution in [0.4, 0.5) is 0 Å². The first-order chi connectivity index (χ1) is 12.6. The van der Waals surface area contributed by atoms with Gasteiger partial charge in [0, 0.05) is 0 Å². The summed E-state index contributed by atoms with van der Waals surface area (Å²) in [7, 11) is 0. The predicted octanol–water partition coefficient (Wildman–Crippen LogP) is 2.54. The fraction of sp³-hybridized carbons (Fsp3) is 0.750. The summed E-state index contributed by atoms with van der Waals surface area (Å²) < 4.78 is -0.719. The number of carbonyl (C=O) groups excluding carboxylic acids is 1. The fourth-order valence-electron chi connectivity index (χ4n) is 3.44. The molecule has 0 aliphatic carbocycles. The van der Waals surface area contributed by atoms with Crippen molar-refractivity contribution in [3.8, 4) is 0 Å². The third kappa shape index (κ3) is 7.33. The van der Waals surface area contributed by atoms with Gasteiger partial charge in [0.05, 0.1) is 12.2 Å². The van der Waals surface area contributed by atoms with E-state index in [-0.39, 0.29) is 0 Å². The number of allylic oxidation sites excluding steroid dienone is 1. The van der Waals surface area contributed by atoms with Crippen LogP contribution in [-0.2, 0) is 14.4 Å². The van der Waals surface area contributed by atoms with Crippen LogP contribution in [-0.4, -0.2) is 50.7 Å². The highest BCUT2D eigenvalue weighted by Gasteiger charge is 2.49. The first-order valence-corrected chi connectivity index (χ1v) is 9.84. The standard InChI is InChI=1S/C20H35NO6/c1-5-6-7-8-9-10-11-12-13-14-21(15(2)18(22)23,16(3)19(24)25)17(4)20(26)27/h13-17H,5-12H2,1-4H3,(H2-,22,23,24,25,26,27)/b14-13+. The van der Waals surface area contributed by atoms with E-state index in [1.54, 1.807) is 6.08 Å². The van der Waals surface area contributed by atoms with E-state index in [9.17, 15) is 29.7 Å². The molecule has 0 spiro atoms. The van der Waals surface area contributed by atoms with E-state index >= 15 is 0 Å². The predicted molar refractivity (Wildman–Crippen MR) is 101 cm³/mol. The molecule has 0 amide bonds.